The minimum Gasteiger partial charge on any atom is -0.493 e. The average molecular weight is 498 g/mol. The van der Waals surface area contributed by atoms with Gasteiger partial charge < -0.3 is 34.6 Å². The van der Waals surface area contributed by atoms with Gasteiger partial charge in [0, 0.05) is 41.6 Å². The molecule has 0 atom stereocenters. The van der Waals surface area contributed by atoms with E-state index in [1.54, 1.807) is 14.2 Å². The maximum atomic E-state index is 5.53. The molecule has 5 aromatic rings. The number of ether oxygens (including phenoxy) is 4. The molecule has 0 spiro atoms. The number of hydrogen-bond donors (Lipinski definition) is 3. The van der Waals surface area contributed by atoms with Crippen molar-refractivity contribution in [1.82, 2.24) is 15.0 Å². The quantitative estimate of drug-likeness (QED) is 0.258. The molecule has 188 valence electrons. The number of hydrogen-bond acceptors (Lipinski definition) is 8. The van der Waals surface area contributed by atoms with Gasteiger partial charge in [0.2, 0.25) is 12.7 Å². The summed E-state index contributed by atoms with van der Waals surface area (Å²) in [6.45, 7) is 1.48. The van der Waals surface area contributed by atoms with Crippen LogP contribution < -0.4 is 29.6 Å². The van der Waals surface area contributed by atoms with Gasteiger partial charge in [0.15, 0.2) is 23.0 Å². The molecule has 3 heterocycles. The van der Waals surface area contributed by atoms with Crippen molar-refractivity contribution in [3.05, 3.63) is 71.9 Å². The summed E-state index contributed by atoms with van der Waals surface area (Å²) in [5.74, 6) is 3.97. The van der Waals surface area contributed by atoms with Crippen molar-refractivity contribution in [2.24, 2.45) is 0 Å². The summed E-state index contributed by atoms with van der Waals surface area (Å²) >= 11 is 0. The van der Waals surface area contributed by atoms with E-state index in [-0.39, 0.29) is 6.79 Å². The van der Waals surface area contributed by atoms with E-state index in [9.17, 15) is 0 Å². The van der Waals surface area contributed by atoms with Crippen LogP contribution in [0.5, 0.6) is 23.0 Å². The molecular formula is C28H27N5O4. The average Bonchev–Trinajstić information content (AvgIpc) is 3.58. The lowest BCUT2D eigenvalue weighted by molar-refractivity contribution is 0.174. The molecule has 9 heteroatoms. The Morgan fingerprint density at radius 3 is 2.62 bits per heavy atom. The van der Waals surface area contributed by atoms with Crippen LogP contribution in [0.15, 0.2) is 60.8 Å². The fourth-order valence-corrected chi connectivity index (χ4v) is 4.56. The van der Waals surface area contributed by atoms with Gasteiger partial charge in [-0.1, -0.05) is 24.3 Å². The molecule has 0 fully saturated rings. The first-order chi connectivity index (χ1) is 18.2. The largest absolute Gasteiger partial charge is 0.493 e. The first-order valence-corrected chi connectivity index (χ1v) is 12.1. The predicted octanol–water partition coefficient (Wildman–Crippen LogP) is 5.12. The smallest absolute Gasteiger partial charge is 0.231 e. The molecule has 3 aromatic carbocycles. The summed E-state index contributed by atoms with van der Waals surface area (Å²) in [5.41, 5.74) is 4.17. The van der Waals surface area contributed by atoms with Crippen molar-refractivity contribution in [1.29, 1.82) is 0 Å². The molecule has 0 unspecified atom stereocenters. The monoisotopic (exact) mass is 497 g/mol. The Hall–Kier alpha value is -4.66. The van der Waals surface area contributed by atoms with Gasteiger partial charge in [-0.05, 0) is 41.8 Å². The SMILES string of the molecule is COc1cc2nc(NCc3ccc4c(c3)OCO4)nc(NCCc3c[nH]c4ccccc34)c2cc1OC. The molecule has 1 aliphatic heterocycles. The normalized spacial score (nSPS) is 12.2. The molecule has 37 heavy (non-hydrogen) atoms. The van der Waals surface area contributed by atoms with E-state index in [1.165, 1.54) is 10.9 Å². The Bertz CT molecular complexity index is 1580. The molecule has 3 N–H and O–H groups in total. The Labute approximate surface area is 213 Å². The van der Waals surface area contributed by atoms with Gasteiger partial charge in [-0.25, -0.2) is 4.98 Å². The van der Waals surface area contributed by atoms with Gasteiger partial charge in [0.25, 0.3) is 0 Å². The number of nitrogens with zero attached hydrogens (tertiary/aromatic N) is 2. The van der Waals surface area contributed by atoms with E-state index in [0.29, 0.717) is 30.5 Å². The third-order valence-corrected chi connectivity index (χ3v) is 6.45. The molecule has 2 aromatic heterocycles. The number of anilines is 2. The first-order valence-electron chi connectivity index (χ1n) is 12.1. The van der Waals surface area contributed by atoms with Gasteiger partial charge in [-0.3, -0.25) is 0 Å². The second kappa shape index (κ2) is 9.77. The first kappa shape index (κ1) is 22.8. The topological polar surface area (TPSA) is 103 Å². The minimum atomic E-state index is 0.249. The second-order valence-corrected chi connectivity index (χ2v) is 8.70. The van der Waals surface area contributed by atoms with Crippen molar-refractivity contribution < 1.29 is 18.9 Å². The lowest BCUT2D eigenvalue weighted by atomic mass is 10.1. The Morgan fingerprint density at radius 1 is 0.892 bits per heavy atom. The van der Waals surface area contributed by atoms with E-state index < -0.39 is 0 Å². The molecule has 0 aliphatic carbocycles. The van der Waals surface area contributed by atoms with Crippen molar-refractivity contribution in [3.63, 3.8) is 0 Å². The minimum absolute atomic E-state index is 0.249. The molecule has 1 aliphatic rings. The fraction of sp³-hybridized carbons (Fsp3) is 0.214. The predicted molar refractivity (Wildman–Crippen MR) is 143 cm³/mol. The van der Waals surface area contributed by atoms with Crippen LogP contribution >= 0.6 is 0 Å². The van der Waals surface area contributed by atoms with Crippen LogP contribution in [-0.4, -0.2) is 42.5 Å². The number of aromatic amines is 1. The summed E-state index contributed by atoms with van der Waals surface area (Å²) in [6.07, 6.45) is 2.90. The molecule has 0 amide bonds. The van der Waals surface area contributed by atoms with Gasteiger partial charge in [-0.15, -0.1) is 0 Å². The highest BCUT2D eigenvalue weighted by molar-refractivity contribution is 5.93. The summed E-state index contributed by atoms with van der Waals surface area (Å²) in [5, 5.41) is 8.94. The van der Waals surface area contributed by atoms with Crippen LogP contribution in [0.25, 0.3) is 21.8 Å². The van der Waals surface area contributed by atoms with Gasteiger partial charge in [-0.2, -0.15) is 4.98 Å². The number of aromatic nitrogens is 3. The van der Waals surface area contributed by atoms with Crippen LogP contribution in [0.1, 0.15) is 11.1 Å². The van der Waals surface area contributed by atoms with Gasteiger partial charge in [0.05, 0.1) is 19.7 Å². The van der Waals surface area contributed by atoms with Crippen molar-refractivity contribution in [3.8, 4) is 23.0 Å². The summed E-state index contributed by atoms with van der Waals surface area (Å²) < 4.78 is 22.0. The second-order valence-electron chi connectivity index (χ2n) is 8.70. The van der Waals surface area contributed by atoms with Crippen LogP contribution in [0, 0.1) is 0 Å². The highest BCUT2D eigenvalue weighted by Crippen LogP contribution is 2.35. The van der Waals surface area contributed by atoms with E-state index in [2.05, 4.69) is 40.0 Å². The highest BCUT2D eigenvalue weighted by Gasteiger charge is 2.15. The number of nitrogens with one attached hydrogen (secondary N) is 3. The molecular weight excluding hydrogens is 470 g/mol. The summed E-state index contributed by atoms with van der Waals surface area (Å²) in [4.78, 5) is 12.9. The zero-order valence-corrected chi connectivity index (χ0v) is 20.6. The standard InChI is InChI=1S/C28H27N5O4/c1-34-24-12-20-22(13-25(24)35-2)32-28(31-14-17-7-8-23-26(11-17)37-16-36-23)33-27(20)29-10-9-18-15-30-21-6-4-3-5-19(18)21/h3-8,11-13,15,30H,9-10,14,16H2,1-2H3,(H2,29,31,32,33). The molecule has 0 saturated carbocycles. The molecule has 0 saturated heterocycles. The number of methoxy groups -OCH3 is 2. The van der Waals surface area contributed by atoms with E-state index >= 15 is 0 Å². The van der Waals surface area contributed by atoms with E-state index in [0.717, 1.165) is 45.7 Å². The zero-order valence-electron chi connectivity index (χ0n) is 20.6. The Kier molecular flexibility index (Phi) is 6.02. The number of benzene rings is 3. The molecule has 9 nitrogen and oxygen atoms in total. The van der Waals surface area contributed by atoms with Crippen molar-refractivity contribution in [2.75, 3.05) is 38.2 Å². The van der Waals surface area contributed by atoms with Crippen LogP contribution in [0.2, 0.25) is 0 Å². The third kappa shape index (κ3) is 4.51. The highest BCUT2D eigenvalue weighted by atomic mass is 16.7. The van der Waals surface area contributed by atoms with Crippen molar-refractivity contribution >= 4 is 33.6 Å². The third-order valence-electron chi connectivity index (χ3n) is 6.45. The lowest BCUT2D eigenvalue weighted by Gasteiger charge is -2.14. The Balaban J connectivity index is 1.27. The molecule has 0 bridgehead atoms. The van der Waals surface area contributed by atoms with E-state index in [1.807, 2.05) is 36.4 Å². The summed E-state index contributed by atoms with van der Waals surface area (Å²) in [6, 6.07) is 18.0. The van der Waals surface area contributed by atoms with Crippen molar-refractivity contribution in [2.45, 2.75) is 13.0 Å². The number of fused-ring (bicyclic) bond motifs is 3. The number of H-pyrrole nitrogens is 1. The fourth-order valence-electron chi connectivity index (χ4n) is 4.56. The number of rotatable bonds is 9. The number of para-hydroxylation sites is 1. The maximum absolute atomic E-state index is 5.53. The van der Waals surface area contributed by atoms with E-state index in [4.69, 9.17) is 28.9 Å². The Morgan fingerprint density at radius 2 is 1.73 bits per heavy atom. The molecule has 0 radical (unpaired) electrons. The van der Waals surface area contributed by atoms with Crippen LogP contribution in [-0.2, 0) is 13.0 Å². The summed E-state index contributed by atoms with van der Waals surface area (Å²) in [7, 11) is 3.24. The lowest BCUT2D eigenvalue weighted by Crippen LogP contribution is -2.10. The zero-order chi connectivity index (χ0) is 25.2. The maximum Gasteiger partial charge on any atom is 0.231 e. The molecule has 6 rings (SSSR count). The van der Waals surface area contributed by atoms with Gasteiger partial charge in [0.1, 0.15) is 5.82 Å². The van der Waals surface area contributed by atoms with Crippen LogP contribution in [0.3, 0.4) is 0 Å². The van der Waals surface area contributed by atoms with Crippen LogP contribution in [0.4, 0.5) is 11.8 Å². The van der Waals surface area contributed by atoms with Gasteiger partial charge >= 0.3 is 0 Å².